The van der Waals surface area contributed by atoms with Gasteiger partial charge in [-0.05, 0) is 38.5 Å². The fourth-order valence-electron chi connectivity index (χ4n) is 2.61. The normalized spacial score (nSPS) is 23.3. The number of amides is 1. The van der Waals surface area contributed by atoms with Gasteiger partial charge in [0.15, 0.2) is 0 Å². The molecule has 0 spiro atoms. The van der Waals surface area contributed by atoms with Gasteiger partial charge in [-0.15, -0.1) is 11.3 Å². The van der Waals surface area contributed by atoms with Crippen LogP contribution in [-0.2, 0) is 0 Å². The van der Waals surface area contributed by atoms with Crippen LogP contribution in [0, 0.1) is 13.8 Å². The molecule has 1 N–H and O–H groups in total. The van der Waals surface area contributed by atoms with Crippen molar-refractivity contribution in [1.29, 1.82) is 0 Å². The Morgan fingerprint density at radius 2 is 2.28 bits per heavy atom. The summed E-state index contributed by atoms with van der Waals surface area (Å²) in [4.78, 5) is 14.6. The molecule has 4 heteroatoms. The Morgan fingerprint density at radius 3 is 2.89 bits per heavy atom. The molecular weight excluding hydrogens is 262 g/mol. The molecule has 1 saturated carbocycles. The number of hydrogen-bond donors (Lipinski definition) is 1. The quantitative estimate of drug-likeness (QED) is 0.911. The molecule has 2 atom stereocenters. The first-order valence-corrected chi connectivity index (χ1v) is 8.47. The minimum atomic E-state index is 0.116. The van der Waals surface area contributed by atoms with Crippen molar-refractivity contribution in [1.82, 2.24) is 5.32 Å². The van der Waals surface area contributed by atoms with Gasteiger partial charge in [0, 0.05) is 21.0 Å². The Kier molecular flexibility index (Phi) is 4.73. The van der Waals surface area contributed by atoms with Gasteiger partial charge in [-0.3, -0.25) is 4.79 Å². The Bertz CT molecular complexity index is 427. The second-order valence-electron chi connectivity index (χ2n) is 4.83. The monoisotopic (exact) mass is 283 g/mol. The summed E-state index contributed by atoms with van der Waals surface area (Å²) in [6, 6.07) is 2.37. The minimum Gasteiger partial charge on any atom is -0.348 e. The number of aryl methyl sites for hydroxylation is 2. The summed E-state index contributed by atoms with van der Waals surface area (Å²) in [6.45, 7) is 6.27. The topological polar surface area (TPSA) is 29.1 Å². The van der Waals surface area contributed by atoms with Crippen LogP contribution in [-0.4, -0.2) is 23.0 Å². The standard InChI is InChI=1S/C14H21NOS2/c1-4-17-13-7-5-6-12(13)15-14(16)11-8-9(2)18-10(11)3/h8,12-13H,4-7H2,1-3H3,(H,15,16)/t12-,13-/m1/s1. The largest absolute Gasteiger partial charge is 0.348 e. The summed E-state index contributed by atoms with van der Waals surface area (Å²) < 4.78 is 0. The van der Waals surface area contributed by atoms with E-state index in [1.54, 1.807) is 11.3 Å². The number of rotatable bonds is 4. The van der Waals surface area contributed by atoms with E-state index in [1.165, 1.54) is 17.7 Å². The minimum absolute atomic E-state index is 0.116. The fourth-order valence-corrected chi connectivity index (χ4v) is 4.73. The maximum atomic E-state index is 12.3. The molecule has 0 bridgehead atoms. The highest BCUT2D eigenvalue weighted by Crippen LogP contribution is 2.30. The van der Waals surface area contributed by atoms with Crippen molar-refractivity contribution in [3.05, 3.63) is 21.4 Å². The second kappa shape index (κ2) is 6.11. The SMILES string of the molecule is CCS[C@@H]1CCC[C@H]1NC(=O)c1cc(C)sc1C. The number of nitrogens with one attached hydrogen (secondary N) is 1. The summed E-state index contributed by atoms with van der Waals surface area (Å²) in [5.41, 5.74) is 0.865. The number of thioether (sulfide) groups is 1. The van der Waals surface area contributed by atoms with Crippen molar-refractivity contribution < 1.29 is 4.79 Å². The molecule has 100 valence electrons. The summed E-state index contributed by atoms with van der Waals surface area (Å²) in [5.74, 6) is 1.25. The third-order valence-electron chi connectivity index (χ3n) is 3.44. The summed E-state index contributed by atoms with van der Waals surface area (Å²) in [7, 11) is 0. The van der Waals surface area contributed by atoms with Crippen molar-refractivity contribution in [2.24, 2.45) is 0 Å². The second-order valence-corrected chi connectivity index (χ2v) is 7.81. The van der Waals surface area contributed by atoms with Crippen LogP contribution in [0.5, 0.6) is 0 Å². The van der Waals surface area contributed by atoms with Crippen LogP contribution in [0.2, 0.25) is 0 Å². The van der Waals surface area contributed by atoms with E-state index < -0.39 is 0 Å². The number of carbonyl (C=O) groups excluding carboxylic acids is 1. The predicted octanol–water partition coefficient (Wildman–Crippen LogP) is 3.77. The summed E-state index contributed by atoms with van der Waals surface area (Å²) in [5, 5.41) is 3.84. The van der Waals surface area contributed by atoms with Gasteiger partial charge in [0.05, 0.1) is 5.56 Å². The molecule has 1 aromatic heterocycles. The lowest BCUT2D eigenvalue weighted by atomic mass is 10.2. The van der Waals surface area contributed by atoms with E-state index in [1.807, 2.05) is 24.8 Å². The summed E-state index contributed by atoms with van der Waals surface area (Å²) >= 11 is 3.68. The van der Waals surface area contributed by atoms with Crippen LogP contribution in [0.4, 0.5) is 0 Å². The molecule has 2 rings (SSSR count). The molecule has 0 radical (unpaired) electrons. The van der Waals surface area contributed by atoms with E-state index in [0.29, 0.717) is 11.3 Å². The Labute approximate surface area is 118 Å². The van der Waals surface area contributed by atoms with E-state index >= 15 is 0 Å². The van der Waals surface area contributed by atoms with Crippen LogP contribution in [0.3, 0.4) is 0 Å². The van der Waals surface area contributed by atoms with Gasteiger partial charge >= 0.3 is 0 Å². The number of thiophene rings is 1. The molecule has 18 heavy (non-hydrogen) atoms. The lowest BCUT2D eigenvalue weighted by Crippen LogP contribution is -2.38. The van der Waals surface area contributed by atoms with Crippen LogP contribution in [0.15, 0.2) is 6.07 Å². The van der Waals surface area contributed by atoms with Crippen molar-refractivity contribution in [2.75, 3.05) is 5.75 Å². The van der Waals surface area contributed by atoms with Crippen molar-refractivity contribution in [3.8, 4) is 0 Å². The molecule has 1 aromatic rings. The van der Waals surface area contributed by atoms with Crippen molar-refractivity contribution in [2.45, 2.75) is 51.3 Å². The third kappa shape index (κ3) is 3.09. The first-order chi connectivity index (χ1) is 8.61. The van der Waals surface area contributed by atoms with Crippen LogP contribution in [0.1, 0.15) is 46.3 Å². The van der Waals surface area contributed by atoms with Gasteiger partial charge < -0.3 is 5.32 Å². The van der Waals surface area contributed by atoms with Gasteiger partial charge in [-0.25, -0.2) is 0 Å². The molecular formula is C14H21NOS2. The van der Waals surface area contributed by atoms with Gasteiger partial charge in [-0.1, -0.05) is 13.3 Å². The molecule has 1 amide bonds. The average molecular weight is 283 g/mol. The van der Waals surface area contributed by atoms with Crippen molar-refractivity contribution in [3.63, 3.8) is 0 Å². The van der Waals surface area contributed by atoms with Crippen LogP contribution in [0.25, 0.3) is 0 Å². The first kappa shape index (κ1) is 13.9. The van der Waals surface area contributed by atoms with Crippen LogP contribution >= 0.6 is 23.1 Å². The molecule has 0 unspecified atom stereocenters. The van der Waals surface area contributed by atoms with Crippen molar-refractivity contribution >= 4 is 29.0 Å². The maximum absolute atomic E-state index is 12.3. The van der Waals surface area contributed by atoms with E-state index in [4.69, 9.17) is 0 Å². The molecule has 0 saturated heterocycles. The van der Waals surface area contributed by atoms with E-state index in [-0.39, 0.29) is 5.91 Å². The number of carbonyl (C=O) groups is 1. The highest BCUT2D eigenvalue weighted by molar-refractivity contribution is 7.99. The van der Waals surface area contributed by atoms with Gasteiger partial charge in [0.25, 0.3) is 5.91 Å². The molecule has 0 aliphatic heterocycles. The molecule has 0 aromatic carbocycles. The molecule has 2 nitrogen and oxygen atoms in total. The number of hydrogen-bond acceptors (Lipinski definition) is 3. The zero-order chi connectivity index (χ0) is 13.1. The molecule has 1 fully saturated rings. The van der Waals surface area contributed by atoms with E-state index in [2.05, 4.69) is 19.2 Å². The predicted molar refractivity (Wildman–Crippen MR) is 80.8 cm³/mol. The zero-order valence-electron chi connectivity index (χ0n) is 11.3. The maximum Gasteiger partial charge on any atom is 0.252 e. The van der Waals surface area contributed by atoms with Gasteiger partial charge in [0.1, 0.15) is 0 Å². The fraction of sp³-hybridized carbons (Fsp3) is 0.643. The first-order valence-electron chi connectivity index (χ1n) is 6.61. The lowest BCUT2D eigenvalue weighted by molar-refractivity contribution is 0.0938. The van der Waals surface area contributed by atoms with E-state index in [0.717, 1.165) is 22.6 Å². The molecule has 1 aliphatic carbocycles. The Hall–Kier alpha value is -0.480. The van der Waals surface area contributed by atoms with E-state index in [9.17, 15) is 4.79 Å². The third-order valence-corrected chi connectivity index (χ3v) is 5.73. The molecule has 1 aliphatic rings. The smallest absolute Gasteiger partial charge is 0.252 e. The zero-order valence-corrected chi connectivity index (χ0v) is 12.9. The average Bonchev–Trinajstić information content (AvgIpc) is 2.87. The summed E-state index contributed by atoms with van der Waals surface area (Å²) in [6.07, 6.45) is 3.61. The van der Waals surface area contributed by atoms with Gasteiger partial charge in [0.2, 0.25) is 0 Å². The lowest BCUT2D eigenvalue weighted by Gasteiger charge is -2.20. The molecule has 1 heterocycles. The Morgan fingerprint density at radius 1 is 1.50 bits per heavy atom. The Balaban J connectivity index is 2.00. The van der Waals surface area contributed by atoms with Gasteiger partial charge in [-0.2, -0.15) is 11.8 Å². The van der Waals surface area contributed by atoms with Crippen LogP contribution < -0.4 is 5.32 Å². The highest BCUT2D eigenvalue weighted by atomic mass is 32.2. The highest BCUT2D eigenvalue weighted by Gasteiger charge is 2.29.